The summed E-state index contributed by atoms with van der Waals surface area (Å²) in [7, 11) is 0. The first-order chi connectivity index (χ1) is 7.12. The molecule has 1 rings (SSSR count). The Hall–Kier alpha value is -0.810. The third-order valence-electron chi connectivity index (χ3n) is 3.17. The fourth-order valence-corrected chi connectivity index (χ4v) is 2.33. The third kappa shape index (κ3) is 3.35. The van der Waals surface area contributed by atoms with Crippen LogP contribution in [-0.4, -0.2) is 34.8 Å². The molecule has 1 fully saturated rings. The van der Waals surface area contributed by atoms with E-state index in [1.54, 1.807) is 0 Å². The number of amidine groups is 1. The van der Waals surface area contributed by atoms with Gasteiger partial charge in [-0.25, -0.2) is 0 Å². The first-order valence-corrected chi connectivity index (χ1v) is 5.44. The van der Waals surface area contributed by atoms with Crippen LogP contribution in [0.2, 0.25) is 0 Å². The summed E-state index contributed by atoms with van der Waals surface area (Å²) >= 11 is 0. The van der Waals surface area contributed by atoms with Crippen LogP contribution in [-0.2, 0) is 0 Å². The van der Waals surface area contributed by atoms with Crippen LogP contribution in [0.15, 0.2) is 5.16 Å². The van der Waals surface area contributed by atoms with Crippen LogP contribution in [0.3, 0.4) is 0 Å². The second-order valence-corrected chi connectivity index (χ2v) is 4.58. The number of hydrogen-bond acceptors (Lipinski definition) is 4. The Balaban J connectivity index is 2.52. The van der Waals surface area contributed by atoms with Crippen molar-refractivity contribution in [2.75, 3.05) is 13.2 Å². The highest BCUT2D eigenvalue weighted by Gasteiger charge is 2.33. The molecule has 2 unspecified atom stereocenters. The molecule has 0 spiro atoms. The molecule has 1 aliphatic rings. The van der Waals surface area contributed by atoms with E-state index in [-0.39, 0.29) is 18.0 Å². The van der Waals surface area contributed by atoms with Crippen LogP contribution in [0.4, 0.5) is 0 Å². The molecular weight excluding hydrogens is 194 g/mol. The first kappa shape index (κ1) is 12.3. The zero-order valence-electron chi connectivity index (χ0n) is 9.24. The van der Waals surface area contributed by atoms with Gasteiger partial charge >= 0.3 is 0 Å². The molecule has 2 atom stereocenters. The minimum absolute atomic E-state index is 0.107. The van der Waals surface area contributed by atoms with E-state index in [1.165, 1.54) is 6.42 Å². The van der Waals surface area contributed by atoms with Gasteiger partial charge in [0.05, 0.1) is 13.2 Å². The fourth-order valence-electron chi connectivity index (χ4n) is 2.33. The summed E-state index contributed by atoms with van der Waals surface area (Å²) in [5.74, 6) is 0.770. The van der Waals surface area contributed by atoms with Gasteiger partial charge in [0.25, 0.3) is 0 Å². The van der Waals surface area contributed by atoms with Crippen molar-refractivity contribution in [2.45, 2.75) is 38.1 Å². The van der Waals surface area contributed by atoms with Crippen LogP contribution < -0.4 is 11.1 Å². The van der Waals surface area contributed by atoms with Crippen molar-refractivity contribution in [3.8, 4) is 0 Å². The number of nitrogens with two attached hydrogens (primary N) is 1. The molecule has 0 aromatic rings. The van der Waals surface area contributed by atoms with Gasteiger partial charge in [0, 0.05) is 5.54 Å². The standard InChI is InChI=1S/C10H21N3O2/c1-8-3-2-4-10(5-8,7-14)12-6-9(11)13-15/h8,12,14-15H,2-7H2,1H3,(H2,11,13). The Bertz CT molecular complexity index is 233. The molecule has 0 radical (unpaired) electrons. The highest BCUT2D eigenvalue weighted by Crippen LogP contribution is 2.31. The number of hydrogen-bond donors (Lipinski definition) is 4. The number of nitrogens with one attached hydrogen (secondary N) is 1. The van der Waals surface area contributed by atoms with Gasteiger partial charge in [-0.2, -0.15) is 0 Å². The largest absolute Gasteiger partial charge is 0.409 e. The van der Waals surface area contributed by atoms with Gasteiger partial charge in [0.1, 0.15) is 0 Å². The summed E-state index contributed by atoms with van der Waals surface area (Å²) in [5.41, 5.74) is 5.15. The minimum Gasteiger partial charge on any atom is -0.409 e. The summed E-state index contributed by atoms with van der Waals surface area (Å²) in [4.78, 5) is 0. The third-order valence-corrected chi connectivity index (χ3v) is 3.17. The van der Waals surface area contributed by atoms with Crippen LogP contribution in [0.5, 0.6) is 0 Å². The Morgan fingerprint density at radius 2 is 2.40 bits per heavy atom. The molecule has 5 N–H and O–H groups in total. The van der Waals surface area contributed by atoms with E-state index in [4.69, 9.17) is 10.9 Å². The van der Waals surface area contributed by atoms with Crippen molar-refractivity contribution in [1.82, 2.24) is 5.32 Å². The van der Waals surface area contributed by atoms with Gasteiger partial charge in [-0.3, -0.25) is 0 Å². The predicted octanol–water partition coefficient (Wildman–Crippen LogP) is 0.264. The molecule has 0 heterocycles. The van der Waals surface area contributed by atoms with Gasteiger partial charge < -0.3 is 21.4 Å². The Kier molecular flexibility index (Phi) is 4.35. The van der Waals surface area contributed by atoms with Crippen molar-refractivity contribution in [2.24, 2.45) is 16.8 Å². The smallest absolute Gasteiger partial charge is 0.153 e. The zero-order valence-corrected chi connectivity index (χ0v) is 9.24. The molecule has 0 saturated heterocycles. The zero-order chi connectivity index (χ0) is 11.3. The summed E-state index contributed by atoms with van der Waals surface area (Å²) < 4.78 is 0. The maximum atomic E-state index is 9.44. The Morgan fingerprint density at radius 3 is 2.93 bits per heavy atom. The van der Waals surface area contributed by atoms with Crippen molar-refractivity contribution < 1.29 is 10.3 Å². The van der Waals surface area contributed by atoms with E-state index in [9.17, 15) is 5.11 Å². The lowest BCUT2D eigenvalue weighted by atomic mass is 9.77. The van der Waals surface area contributed by atoms with Gasteiger partial charge in [-0.15, -0.1) is 0 Å². The van der Waals surface area contributed by atoms with Crippen LogP contribution >= 0.6 is 0 Å². The average molecular weight is 215 g/mol. The highest BCUT2D eigenvalue weighted by molar-refractivity contribution is 5.81. The number of rotatable bonds is 4. The summed E-state index contributed by atoms with van der Waals surface area (Å²) in [5, 5.41) is 24.0. The van der Waals surface area contributed by atoms with Crippen molar-refractivity contribution in [3.05, 3.63) is 0 Å². The van der Waals surface area contributed by atoms with Gasteiger partial charge in [-0.1, -0.05) is 24.9 Å². The van der Waals surface area contributed by atoms with E-state index in [1.807, 2.05) is 0 Å². The van der Waals surface area contributed by atoms with Crippen molar-refractivity contribution in [3.63, 3.8) is 0 Å². The highest BCUT2D eigenvalue weighted by atomic mass is 16.4. The normalized spacial score (nSPS) is 32.9. The van der Waals surface area contributed by atoms with Gasteiger partial charge in [-0.05, 0) is 18.8 Å². The minimum atomic E-state index is -0.243. The average Bonchev–Trinajstić information content (AvgIpc) is 2.26. The molecule has 1 aliphatic carbocycles. The Morgan fingerprint density at radius 1 is 1.67 bits per heavy atom. The Labute approximate surface area is 90.3 Å². The van der Waals surface area contributed by atoms with E-state index >= 15 is 0 Å². The molecule has 0 aliphatic heterocycles. The molecule has 0 amide bonds. The summed E-state index contributed by atoms with van der Waals surface area (Å²) in [6.07, 6.45) is 4.23. The number of oxime groups is 1. The molecule has 15 heavy (non-hydrogen) atoms. The molecule has 5 heteroatoms. The number of nitrogens with zero attached hydrogens (tertiary/aromatic N) is 1. The second-order valence-electron chi connectivity index (χ2n) is 4.58. The maximum absolute atomic E-state index is 9.44. The molecule has 0 aromatic heterocycles. The molecule has 0 bridgehead atoms. The molecule has 88 valence electrons. The fraction of sp³-hybridized carbons (Fsp3) is 0.900. The van der Waals surface area contributed by atoms with Crippen LogP contribution in [0, 0.1) is 5.92 Å². The van der Waals surface area contributed by atoms with Gasteiger partial charge in [0.15, 0.2) is 5.84 Å². The topological polar surface area (TPSA) is 90.9 Å². The van der Waals surface area contributed by atoms with Crippen LogP contribution in [0.25, 0.3) is 0 Å². The number of aliphatic hydroxyl groups excluding tert-OH is 1. The summed E-state index contributed by atoms with van der Waals surface area (Å²) in [6, 6.07) is 0. The molecule has 1 saturated carbocycles. The van der Waals surface area contributed by atoms with E-state index < -0.39 is 0 Å². The molecule has 0 aromatic carbocycles. The predicted molar refractivity (Wildman–Crippen MR) is 58.9 cm³/mol. The second kappa shape index (κ2) is 5.32. The summed E-state index contributed by atoms with van der Waals surface area (Å²) in [6.45, 7) is 2.62. The van der Waals surface area contributed by atoms with Crippen LogP contribution in [0.1, 0.15) is 32.6 Å². The first-order valence-electron chi connectivity index (χ1n) is 5.44. The van der Waals surface area contributed by atoms with Crippen molar-refractivity contribution >= 4 is 5.84 Å². The molecule has 5 nitrogen and oxygen atoms in total. The van der Waals surface area contributed by atoms with Crippen molar-refractivity contribution in [1.29, 1.82) is 0 Å². The van der Waals surface area contributed by atoms with E-state index in [2.05, 4.69) is 17.4 Å². The quantitative estimate of drug-likeness (QED) is 0.234. The van der Waals surface area contributed by atoms with E-state index in [0.29, 0.717) is 12.5 Å². The lowest BCUT2D eigenvalue weighted by Crippen LogP contribution is -2.53. The van der Waals surface area contributed by atoms with E-state index in [0.717, 1.165) is 19.3 Å². The lowest BCUT2D eigenvalue weighted by Gasteiger charge is -2.39. The lowest BCUT2D eigenvalue weighted by molar-refractivity contribution is 0.104. The SMILES string of the molecule is CC1CCCC(CO)(NCC(N)=NO)C1. The maximum Gasteiger partial charge on any atom is 0.153 e. The van der Waals surface area contributed by atoms with Gasteiger partial charge in [0.2, 0.25) is 0 Å². The molecular formula is C10H21N3O2. The monoisotopic (exact) mass is 215 g/mol. The number of aliphatic hydroxyl groups is 1.